The predicted octanol–water partition coefficient (Wildman–Crippen LogP) is 1.24. The van der Waals surface area contributed by atoms with Gasteiger partial charge in [-0.3, -0.25) is 0 Å². The van der Waals surface area contributed by atoms with E-state index in [-0.39, 0.29) is 11.1 Å². The average Bonchev–Trinajstić information content (AvgIpc) is 2.00. The molecule has 1 N–H and O–H groups in total. The van der Waals surface area contributed by atoms with Crippen LogP contribution in [0.25, 0.3) is 0 Å². The number of hydrogen-bond donors (Lipinski definition) is 1. The molecule has 0 aliphatic rings. The van der Waals surface area contributed by atoms with E-state index in [0.717, 1.165) is 18.4 Å². The molecule has 0 spiro atoms. The lowest BCUT2D eigenvalue weighted by molar-refractivity contribution is 0.0695. The molecule has 1 aromatic rings. The maximum atomic E-state index is 13.2. The summed E-state index contributed by atoms with van der Waals surface area (Å²) in [7, 11) is -3.76. The first-order valence-corrected chi connectivity index (χ1v) is 5.86. The van der Waals surface area contributed by atoms with Crippen LogP contribution in [-0.2, 0) is 9.84 Å². The lowest BCUT2D eigenvalue weighted by Crippen LogP contribution is -2.09. The van der Waals surface area contributed by atoms with Crippen LogP contribution in [0.5, 0.6) is 0 Å². The Bertz CT molecular complexity index is 519. The lowest BCUT2D eigenvalue weighted by atomic mass is 10.1. The smallest absolute Gasteiger partial charge is 0.335 e. The van der Waals surface area contributed by atoms with Crippen LogP contribution >= 0.6 is 0 Å². The Labute approximate surface area is 86.3 Å². The van der Waals surface area contributed by atoms with Crippen LogP contribution < -0.4 is 0 Å². The lowest BCUT2D eigenvalue weighted by Gasteiger charge is -2.07. The van der Waals surface area contributed by atoms with Crippen molar-refractivity contribution in [3.8, 4) is 0 Å². The fourth-order valence-corrected chi connectivity index (χ4v) is 2.43. The molecule has 0 aliphatic carbocycles. The number of aromatic carboxylic acids is 1. The summed E-state index contributed by atoms with van der Waals surface area (Å²) in [6, 6.07) is 1.88. The minimum Gasteiger partial charge on any atom is -0.478 e. The minimum atomic E-state index is -3.76. The van der Waals surface area contributed by atoms with Crippen molar-refractivity contribution >= 4 is 15.8 Å². The van der Waals surface area contributed by atoms with Gasteiger partial charge in [-0.2, -0.15) is 0 Å². The van der Waals surface area contributed by atoms with E-state index < -0.39 is 26.5 Å². The summed E-state index contributed by atoms with van der Waals surface area (Å²) in [5.41, 5.74) is -0.290. The first-order valence-electron chi connectivity index (χ1n) is 3.97. The summed E-state index contributed by atoms with van der Waals surface area (Å²) >= 11 is 0. The van der Waals surface area contributed by atoms with Crippen LogP contribution in [-0.4, -0.2) is 25.7 Å². The van der Waals surface area contributed by atoms with Gasteiger partial charge in [0.25, 0.3) is 0 Å². The molecular formula is C9H9FO4S. The molecule has 6 heteroatoms. The zero-order valence-corrected chi connectivity index (χ0v) is 8.93. The maximum absolute atomic E-state index is 13.2. The van der Waals surface area contributed by atoms with Gasteiger partial charge in [-0.25, -0.2) is 17.6 Å². The molecule has 0 atom stereocenters. The van der Waals surface area contributed by atoms with Crippen molar-refractivity contribution in [1.29, 1.82) is 0 Å². The molecule has 0 saturated carbocycles. The highest BCUT2D eigenvalue weighted by Gasteiger charge is 2.21. The first kappa shape index (κ1) is 11.6. The highest BCUT2D eigenvalue weighted by Crippen LogP contribution is 2.22. The highest BCUT2D eigenvalue weighted by atomic mass is 32.2. The molecule has 0 radical (unpaired) electrons. The van der Waals surface area contributed by atoms with Crippen molar-refractivity contribution < 1.29 is 22.7 Å². The summed E-state index contributed by atoms with van der Waals surface area (Å²) in [4.78, 5) is 10.1. The summed E-state index contributed by atoms with van der Waals surface area (Å²) in [5.74, 6) is -2.21. The number of carboxylic acids is 1. The van der Waals surface area contributed by atoms with Crippen molar-refractivity contribution in [2.24, 2.45) is 0 Å². The van der Waals surface area contributed by atoms with E-state index in [1.807, 2.05) is 0 Å². The van der Waals surface area contributed by atoms with Gasteiger partial charge >= 0.3 is 5.97 Å². The summed E-state index contributed by atoms with van der Waals surface area (Å²) in [6.07, 6.45) is 0.837. The summed E-state index contributed by atoms with van der Waals surface area (Å²) in [5, 5.41) is 8.73. The normalized spacial score (nSPS) is 11.4. The standard InChI is InChI=1S/C9H9FO4S/c1-5-6(9(11)12)3-4-7(10)8(5)15(2,13)14/h3-4H,1-2H3,(H,11,12). The van der Waals surface area contributed by atoms with Crippen molar-refractivity contribution in [2.75, 3.05) is 6.26 Å². The molecular weight excluding hydrogens is 223 g/mol. The Morgan fingerprint density at radius 1 is 1.40 bits per heavy atom. The third-order valence-electron chi connectivity index (χ3n) is 1.96. The highest BCUT2D eigenvalue weighted by molar-refractivity contribution is 7.90. The molecule has 15 heavy (non-hydrogen) atoms. The number of halogens is 1. The molecule has 0 aromatic heterocycles. The SMILES string of the molecule is Cc1c(C(=O)O)ccc(F)c1S(C)(=O)=O. The summed E-state index contributed by atoms with van der Waals surface area (Å²) in [6.45, 7) is 1.27. The van der Waals surface area contributed by atoms with Crippen molar-refractivity contribution in [1.82, 2.24) is 0 Å². The number of hydrogen-bond acceptors (Lipinski definition) is 3. The molecule has 0 unspecified atom stereocenters. The maximum Gasteiger partial charge on any atom is 0.335 e. The molecule has 0 saturated heterocycles. The molecule has 0 aliphatic heterocycles. The summed E-state index contributed by atoms with van der Waals surface area (Å²) < 4.78 is 35.7. The number of sulfone groups is 1. The van der Waals surface area contributed by atoms with Crippen molar-refractivity contribution in [3.05, 3.63) is 29.1 Å². The number of carbonyl (C=O) groups is 1. The van der Waals surface area contributed by atoms with Gasteiger partial charge in [0.2, 0.25) is 0 Å². The van der Waals surface area contributed by atoms with E-state index in [1.54, 1.807) is 0 Å². The van der Waals surface area contributed by atoms with E-state index in [4.69, 9.17) is 5.11 Å². The van der Waals surface area contributed by atoms with Gasteiger partial charge in [0, 0.05) is 6.26 Å². The molecule has 1 rings (SSSR count). The van der Waals surface area contributed by atoms with E-state index in [1.165, 1.54) is 6.92 Å². The van der Waals surface area contributed by atoms with Crippen molar-refractivity contribution in [3.63, 3.8) is 0 Å². The molecule has 1 aromatic carbocycles. The Morgan fingerprint density at radius 3 is 2.33 bits per heavy atom. The fourth-order valence-electron chi connectivity index (χ4n) is 1.35. The zero-order valence-electron chi connectivity index (χ0n) is 8.11. The number of carboxylic acid groups (broad SMARTS) is 1. The topological polar surface area (TPSA) is 71.4 Å². The number of rotatable bonds is 2. The second kappa shape index (κ2) is 3.62. The first-order chi connectivity index (χ1) is 6.75. The third-order valence-corrected chi connectivity index (χ3v) is 3.20. The second-order valence-electron chi connectivity index (χ2n) is 3.13. The van der Waals surface area contributed by atoms with E-state index in [0.29, 0.717) is 0 Å². The Kier molecular flexibility index (Phi) is 2.81. The minimum absolute atomic E-state index is 0.0787. The quantitative estimate of drug-likeness (QED) is 0.832. The second-order valence-corrected chi connectivity index (χ2v) is 5.08. The molecule has 82 valence electrons. The molecule has 4 nitrogen and oxygen atoms in total. The van der Waals surface area contributed by atoms with Gasteiger partial charge in [0.1, 0.15) is 10.7 Å². The van der Waals surface area contributed by atoms with Gasteiger partial charge in [-0.1, -0.05) is 0 Å². The molecule has 0 heterocycles. The van der Waals surface area contributed by atoms with Gasteiger partial charge < -0.3 is 5.11 Å². The largest absolute Gasteiger partial charge is 0.478 e. The molecule has 0 amide bonds. The van der Waals surface area contributed by atoms with Crippen molar-refractivity contribution in [2.45, 2.75) is 11.8 Å². The van der Waals surface area contributed by atoms with Gasteiger partial charge in [-0.15, -0.1) is 0 Å². The van der Waals surface area contributed by atoms with Crippen LogP contribution in [0.15, 0.2) is 17.0 Å². The molecule has 0 fully saturated rings. The van der Waals surface area contributed by atoms with Crippen LogP contribution in [0.2, 0.25) is 0 Å². The van der Waals surface area contributed by atoms with Crippen LogP contribution in [0, 0.1) is 12.7 Å². The molecule has 0 bridgehead atoms. The Hall–Kier alpha value is -1.43. The van der Waals surface area contributed by atoms with E-state index in [2.05, 4.69) is 0 Å². The average molecular weight is 232 g/mol. The van der Waals surface area contributed by atoms with Crippen LogP contribution in [0.1, 0.15) is 15.9 Å². The van der Waals surface area contributed by atoms with Crippen LogP contribution in [0.4, 0.5) is 4.39 Å². The van der Waals surface area contributed by atoms with Gasteiger partial charge in [-0.05, 0) is 24.6 Å². The number of benzene rings is 1. The van der Waals surface area contributed by atoms with Gasteiger partial charge in [0.15, 0.2) is 9.84 Å². The van der Waals surface area contributed by atoms with E-state index >= 15 is 0 Å². The van der Waals surface area contributed by atoms with E-state index in [9.17, 15) is 17.6 Å². The zero-order chi connectivity index (χ0) is 11.8. The monoisotopic (exact) mass is 232 g/mol. The predicted molar refractivity (Wildman–Crippen MR) is 51.2 cm³/mol. The Morgan fingerprint density at radius 2 is 1.93 bits per heavy atom. The third kappa shape index (κ3) is 2.15. The Balaban J connectivity index is 3.66. The fraction of sp³-hybridized carbons (Fsp3) is 0.222. The van der Waals surface area contributed by atoms with Crippen LogP contribution in [0.3, 0.4) is 0 Å². The van der Waals surface area contributed by atoms with Gasteiger partial charge in [0.05, 0.1) is 5.56 Å².